The minimum Gasteiger partial charge on any atom is -0.120 e. The van der Waals surface area contributed by atoms with E-state index in [1.807, 2.05) is 0 Å². The van der Waals surface area contributed by atoms with E-state index in [4.69, 9.17) is 6.42 Å². The highest BCUT2D eigenvalue weighted by molar-refractivity contribution is 5.04. The predicted molar refractivity (Wildman–Crippen MR) is 53.9 cm³/mol. The molecule has 0 heterocycles. The standard InChI is InChI=1S/C12H18/c1-2-3-4-6-9-12-10-7-5-8-11-12/h1,10H,3-9,11H2. The van der Waals surface area contributed by atoms with E-state index >= 15 is 0 Å². The summed E-state index contributed by atoms with van der Waals surface area (Å²) in [4.78, 5) is 0. The van der Waals surface area contributed by atoms with Gasteiger partial charge in [-0.25, -0.2) is 0 Å². The van der Waals surface area contributed by atoms with E-state index in [-0.39, 0.29) is 0 Å². The second-order valence-electron chi connectivity index (χ2n) is 3.52. The van der Waals surface area contributed by atoms with Gasteiger partial charge in [0.05, 0.1) is 0 Å². The number of hydrogen-bond acceptors (Lipinski definition) is 0. The second-order valence-corrected chi connectivity index (χ2v) is 3.52. The summed E-state index contributed by atoms with van der Waals surface area (Å²) >= 11 is 0. The number of terminal acetylenes is 1. The normalized spacial score (nSPS) is 16.8. The van der Waals surface area contributed by atoms with Crippen molar-refractivity contribution in [2.45, 2.75) is 51.4 Å². The lowest BCUT2D eigenvalue weighted by atomic mass is 9.95. The van der Waals surface area contributed by atoms with E-state index in [9.17, 15) is 0 Å². The highest BCUT2D eigenvalue weighted by Crippen LogP contribution is 2.21. The molecule has 0 aromatic carbocycles. The van der Waals surface area contributed by atoms with Crippen molar-refractivity contribution in [3.63, 3.8) is 0 Å². The molecule has 0 N–H and O–H groups in total. The van der Waals surface area contributed by atoms with Gasteiger partial charge in [-0.3, -0.25) is 0 Å². The van der Waals surface area contributed by atoms with Gasteiger partial charge >= 0.3 is 0 Å². The first-order valence-electron chi connectivity index (χ1n) is 5.05. The van der Waals surface area contributed by atoms with E-state index in [0.29, 0.717) is 0 Å². The predicted octanol–water partition coefficient (Wildman–Crippen LogP) is 3.68. The Kier molecular flexibility index (Phi) is 4.61. The van der Waals surface area contributed by atoms with Crippen molar-refractivity contribution in [1.82, 2.24) is 0 Å². The van der Waals surface area contributed by atoms with Crippen molar-refractivity contribution >= 4 is 0 Å². The first kappa shape index (κ1) is 9.39. The molecule has 1 aliphatic carbocycles. The van der Waals surface area contributed by atoms with E-state index in [1.165, 1.54) is 44.9 Å². The summed E-state index contributed by atoms with van der Waals surface area (Å²) in [6.07, 6.45) is 17.8. The summed E-state index contributed by atoms with van der Waals surface area (Å²) in [5.74, 6) is 2.69. The number of allylic oxidation sites excluding steroid dienone is 2. The Morgan fingerprint density at radius 1 is 1.33 bits per heavy atom. The first-order chi connectivity index (χ1) is 5.93. The molecule has 0 saturated heterocycles. The van der Waals surface area contributed by atoms with Gasteiger partial charge in [-0.2, -0.15) is 0 Å². The third-order valence-electron chi connectivity index (χ3n) is 2.45. The van der Waals surface area contributed by atoms with Gasteiger partial charge in [0.1, 0.15) is 0 Å². The van der Waals surface area contributed by atoms with E-state index < -0.39 is 0 Å². The Bertz CT molecular complexity index is 181. The summed E-state index contributed by atoms with van der Waals surface area (Å²) in [6.45, 7) is 0. The Morgan fingerprint density at radius 2 is 2.25 bits per heavy atom. The van der Waals surface area contributed by atoms with Gasteiger partial charge in [-0.15, -0.1) is 12.3 Å². The Labute approximate surface area is 76.1 Å². The van der Waals surface area contributed by atoms with Crippen LogP contribution in [-0.4, -0.2) is 0 Å². The van der Waals surface area contributed by atoms with Crippen LogP contribution in [0.5, 0.6) is 0 Å². The van der Waals surface area contributed by atoms with Crippen molar-refractivity contribution in [1.29, 1.82) is 0 Å². The number of rotatable bonds is 4. The molecular weight excluding hydrogens is 144 g/mol. The summed E-state index contributed by atoms with van der Waals surface area (Å²) < 4.78 is 0. The summed E-state index contributed by atoms with van der Waals surface area (Å²) in [5.41, 5.74) is 1.68. The van der Waals surface area contributed by atoms with Gasteiger partial charge in [0, 0.05) is 6.42 Å². The molecular formula is C12H18. The molecule has 0 amide bonds. The molecule has 0 saturated carbocycles. The third-order valence-corrected chi connectivity index (χ3v) is 2.45. The maximum atomic E-state index is 5.18. The molecule has 66 valence electrons. The summed E-state index contributed by atoms with van der Waals surface area (Å²) in [7, 11) is 0. The van der Waals surface area contributed by atoms with Gasteiger partial charge in [0.25, 0.3) is 0 Å². The van der Waals surface area contributed by atoms with Crippen LogP contribution in [0.4, 0.5) is 0 Å². The van der Waals surface area contributed by atoms with Crippen LogP contribution in [0.3, 0.4) is 0 Å². The quantitative estimate of drug-likeness (QED) is 0.336. The zero-order valence-corrected chi connectivity index (χ0v) is 7.81. The van der Waals surface area contributed by atoms with E-state index in [0.717, 1.165) is 6.42 Å². The fourth-order valence-electron chi connectivity index (χ4n) is 1.71. The highest BCUT2D eigenvalue weighted by Gasteiger charge is 2.02. The molecule has 0 radical (unpaired) electrons. The summed E-state index contributed by atoms with van der Waals surface area (Å²) in [5, 5.41) is 0. The van der Waals surface area contributed by atoms with Crippen molar-refractivity contribution in [3.8, 4) is 12.3 Å². The lowest BCUT2D eigenvalue weighted by Gasteiger charge is -2.11. The first-order valence-corrected chi connectivity index (χ1v) is 5.05. The van der Waals surface area contributed by atoms with Crippen molar-refractivity contribution in [3.05, 3.63) is 11.6 Å². The van der Waals surface area contributed by atoms with E-state index in [1.54, 1.807) is 5.57 Å². The lowest BCUT2D eigenvalue weighted by molar-refractivity contribution is 0.648. The van der Waals surface area contributed by atoms with Crippen LogP contribution in [-0.2, 0) is 0 Å². The molecule has 12 heavy (non-hydrogen) atoms. The zero-order valence-electron chi connectivity index (χ0n) is 7.81. The van der Waals surface area contributed by atoms with Crippen LogP contribution in [0.15, 0.2) is 11.6 Å². The smallest absolute Gasteiger partial charge is 0.00861 e. The monoisotopic (exact) mass is 162 g/mol. The van der Waals surface area contributed by atoms with Crippen LogP contribution in [0.1, 0.15) is 51.4 Å². The zero-order chi connectivity index (χ0) is 8.65. The average Bonchev–Trinajstić information content (AvgIpc) is 2.14. The van der Waals surface area contributed by atoms with Crippen molar-refractivity contribution in [2.75, 3.05) is 0 Å². The molecule has 0 nitrogen and oxygen atoms in total. The highest BCUT2D eigenvalue weighted by atomic mass is 14.1. The average molecular weight is 162 g/mol. The van der Waals surface area contributed by atoms with Crippen molar-refractivity contribution in [2.24, 2.45) is 0 Å². The largest absolute Gasteiger partial charge is 0.120 e. The molecule has 0 unspecified atom stereocenters. The molecule has 0 bridgehead atoms. The Morgan fingerprint density at radius 3 is 2.92 bits per heavy atom. The minimum atomic E-state index is 0.952. The van der Waals surface area contributed by atoms with Crippen LogP contribution >= 0.6 is 0 Å². The summed E-state index contributed by atoms with van der Waals surface area (Å²) in [6, 6.07) is 0. The lowest BCUT2D eigenvalue weighted by Crippen LogP contribution is -1.91. The number of hydrogen-bond donors (Lipinski definition) is 0. The molecule has 0 aromatic rings. The van der Waals surface area contributed by atoms with Crippen LogP contribution in [0.2, 0.25) is 0 Å². The fraction of sp³-hybridized carbons (Fsp3) is 0.667. The fourth-order valence-corrected chi connectivity index (χ4v) is 1.71. The second kappa shape index (κ2) is 5.89. The maximum absolute atomic E-state index is 5.18. The molecule has 0 aromatic heterocycles. The Hall–Kier alpha value is -0.700. The van der Waals surface area contributed by atoms with Crippen LogP contribution in [0.25, 0.3) is 0 Å². The SMILES string of the molecule is C#CCCCCC1=CCCCC1. The van der Waals surface area contributed by atoms with Gasteiger partial charge in [-0.05, 0) is 44.9 Å². The van der Waals surface area contributed by atoms with Crippen LogP contribution in [0, 0.1) is 12.3 Å². The Balaban J connectivity index is 2.06. The molecule has 0 aliphatic heterocycles. The van der Waals surface area contributed by atoms with Crippen molar-refractivity contribution < 1.29 is 0 Å². The molecule has 0 heteroatoms. The van der Waals surface area contributed by atoms with Gasteiger partial charge < -0.3 is 0 Å². The third kappa shape index (κ3) is 3.62. The minimum absolute atomic E-state index is 0.952. The van der Waals surface area contributed by atoms with E-state index in [2.05, 4.69) is 12.0 Å². The van der Waals surface area contributed by atoms with Gasteiger partial charge in [-0.1, -0.05) is 11.6 Å². The topological polar surface area (TPSA) is 0 Å². The molecule has 0 spiro atoms. The molecule has 0 atom stereocenters. The van der Waals surface area contributed by atoms with Gasteiger partial charge in [0.15, 0.2) is 0 Å². The van der Waals surface area contributed by atoms with Gasteiger partial charge in [0.2, 0.25) is 0 Å². The molecule has 1 aliphatic rings. The molecule has 1 rings (SSSR count). The number of unbranched alkanes of at least 4 members (excludes halogenated alkanes) is 2. The molecule has 0 fully saturated rings. The maximum Gasteiger partial charge on any atom is 0.00861 e. The van der Waals surface area contributed by atoms with Crippen LogP contribution < -0.4 is 0 Å².